The van der Waals surface area contributed by atoms with Crippen molar-refractivity contribution in [3.8, 4) is 0 Å². The van der Waals surface area contributed by atoms with Crippen LogP contribution < -0.4 is 0 Å². The van der Waals surface area contributed by atoms with Crippen molar-refractivity contribution in [2.24, 2.45) is 0 Å². The zero-order valence-corrected chi connectivity index (χ0v) is 9.97. The molecule has 0 aromatic heterocycles. The molecule has 0 saturated carbocycles. The summed E-state index contributed by atoms with van der Waals surface area (Å²) in [4.78, 5) is 11.6. The minimum absolute atomic E-state index is 0. The van der Waals surface area contributed by atoms with Crippen LogP contribution in [0.25, 0.3) is 0 Å². The van der Waals surface area contributed by atoms with Gasteiger partial charge in [-0.25, -0.2) is 4.79 Å². The third-order valence-corrected chi connectivity index (χ3v) is 1.70. The predicted octanol–water partition coefficient (Wildman–Crippen LogP) is 1.38. The molecule has 2 nitrogen and oxygen atoms in total. The first-order valence-corrected chi connectivity index (χ1v) is 3.56. The number of thiol groups is 1. The Kier molecular flexibility index (Phi) is 5.66. The second-order valence-electron chi connectivity index (χ2n) is 2.01. The maximum atomic E-state index is 11.0. The second-order valence-corrected chi connectivity index (χ2v) is 2.49. The number of carbonyl (C=O) groups is 1. The fourth-order valence-corrected chi connectivity index (χ4v) is 1.01. The van der Waals surface area contributed by atoms with Crippen molar-refractivity contribution < 1.29 is 9.53 Å². The first-order valence-electron chi connectivity index (χ1n) is 3.12. The summed E-state index contributed by atoms with van der Waals surface area (Å²) < 4.78 is 4.53. The normalized spacial score (nSPS) is 8.50. The third kappa shape index (κ3) is 2.83. The zero-order chi connectivity index (χ0) is 8.27. The Balaban J connectivity index is 0.00000121. The molecule has 0 atom stereocenters. The number of rotatable bonds is 1. The van der Waals surface area contributed by atoms with E-state index in [2.05, 4.69) is 17.4 Å². The summed E-state index contributed by atoms with van der Waals surface area (Å²) in [7, 11) is 1.35. The van der Waals surface area contributed by atoms with Crippen molar-refractivity contribution in [1.82, 2.24) is 0 Å². The Hall–Kier alpha value is 0.0400. The Bertz CT molecular complexity index is 276. The van der Waals surface area contributed by atoms with Crippen LogP contribution in [0.15, 0.2) is 29.2 Å². The van der Waals surface area contributed by atoms with Crippen LogP contribution >= 0.6 is 12.6 Å². The molecular formula is C8H8NaO2S. The number of methoxy groups -OCH3 is 1. The number of carbonyl (C=O) groups excluding carboxylic acids is 1. The smallest absolute Gasteiger partial charge is 0.338 e. The summed E-state index contributed by atoms with van der Waals surface area (Å²) in [5.74, 6) is -0.351. The molecule has 0 aliphatic heterocycles. The van der Waals surface area contributed by atoms with Gasteiger partial charge in [0.25, 0.3) is 0 Å². The van der Waals surface area contributed by atoms with Gasteiger partial charge in [0.1, 0.15) is 0 Å². The molecule has 0 unspecified atom stereocenters. The molecule has 4 heteroatoms. The van der Waals surface area contributed by atoms with Crippen LogP contribution in [0.2, 0.25) is 0 Å². The van der Waals surface area contributed by atoms with Gasteiger partial charge in [0.15, 0.2) is 0 Å². The first kappa shape index (κ1) is 12.0. The molecule has 0 amide bonds. The van der Waals surface area contributed by atoms with E-state index < -0.39 is 0 Å². The van der Waals surface area contributed by atoms with Crippen LogP contribution in [0.1, 0.15) is 10.4 Å². The molecule has 0 fully saturated rings. The quantitative estimate of drug-likeness (QED) is 0.412. The molecule has 0 aliphatic rings. The fourth-order valence-electron chi connectivity index (χ4n) is 0.756. The maximum absolute atomic E-state index is 11.0. The van der Waals surface area contributed by atoms with Gasteiger partial charge in [0.2, 0.25) is 0 Å². The molecule has 1 aromatic rings. The van der Waals surface area contributed by atoms with Gasteiger partial charge in [-0.15, -0.1) is 12.6 Å². The Labute approximate surface area is 99.0 Å². The van der Waals surface area contributed by atoms with Crippen LogP contribution in [0, 0.1) is 0 Å². The van der Waals surface area contributed by atoms with Gasteiger partial charge in [0.05, 0.1) is 12.7 Å². The summed E-state index contributed by atoms with van der Waals surface area (Å²) >= 11 is 4.09. The fraction of sp³-hybridized carbons (Fsp3) is 0.125. The molecular weight excluding hydrogens is 183 g/mol. The maximum Gasteiger partial charge on any atom is 0.338 e. The first-order chi connectivity index (χ1) is 5.25. The summed E-state index contributed by atoms with van der Waals surface area (Å²) in [6, 6.07) is 7.00. The van der Waals surface area contributed by atoms with Gasteiger partial charge in [0, 0.05) is 34.5 Å². The van der Waals surface area contributed by atoms with Gasteiger partial charge in [-0.1, -0.05) is 12.1 Å². The van der Waals surface area contributed by atoms with Crippen LogP contribution in [0.3, 0.4) is 0 Å². The van der Waals surface area contributed by atoms with Crippen LogP contribution in [-0.4, -0.2) is 42.6 Å². The topological polar surface area (TPSA) is 26.3 Å². The molecule has 0 heterocycles. The molecule has 59 valence electrons. The minimum Gasteiger partial charge on any atom is -0.465 e. The number of ether oxygens (including phenoxy) is 1. The van der Waals surface area contributed by atoms with Crippen LogP contribution in [0.5, 0.6) is 0 Å². The standard InChI is InChI=1S/C8H8O2S.Na/c1-10-8(9)6-4-2-3-5-7(6)11;/h2-5,11H,1H3;. The van der Waals surface area contributed by atoms with Gasteiger partial charge in [-0.05, 0) is 12.1 Å². The van der Waals surface area contributed by atoms with Crippen LogP contribution in [-0.2, 0) is 4.74 Å². The van der Waals surface area contributed by atoms with Crippen molar-refractivity contribution >= 4 is 48.2 Å². The average Bonchev–Trinajstić information content (AvgIpc) is 2.04. The van der Waals surface area contributed by atoms with Crippen molar-refractivity contribution in [2.45, 2.75) is 4.90 Å². The van der Waals surface area contributed by atoms with E-state index in [1.165, 1.54) is 7.11 Å². The molecule has 0 bridgehead atoms. The van der Waals surface area contributed by atoms with E-state index in [1.807, 2.05) is 6.07 Å². The van der Waals surface area contributed by atoms with E-state index in [0.29, 0.717) is 10.5 Å². The number of esters is 1. The molecule has 1 aromatic carbocycles. The van der Waals surface area contributed by atoms with Crippen molar-refractivity contribution in [2.75, 3.05) is 7.11 Å². The van der Waals surface area contributed by atoms with E-state index >= 15 is 0 Å². The van der Waals surface area contributed by atoms with Gasteiger partial charge in [-0.3, -0.25) is 0 Å². The molecule has 0 saturated heterocycles. The van der Waals surface area contributed by atoms with Gasteiger partial charge in [-0.2, -0.15) is 0 Å². The Morgan fingerprint density at radius 1 is 1.42 bits per heavy atom. The number of hydrogen-bond acceptors (Lipinski definition) is 3. The molecule has 0 aliphatic carbocycles. The monoisotopic (exact) mass is 191 g/mol. The van der Waals surface area contributed by atoms with E-state index in [4.69, 9.17) is 0 Å². The van der Waals surface area contributed by atoms with E-state index in [9.17, 15) is 4.79 Å². The minimum atomic E-state index is -0.351. The summed E-state index contributed by atoms with van der Waals surface area (Å²) in [5, 5.41) is 0. The summed E-state index contributed by atoms with van der Waals surface area (Å²) in [5.41, 5.74) is 0.498. The summed E-state index contributed by atoms with van der Waals surface area (Å²) in [6.07, 6.45) is 0. The second kappa shape index (κ2) is 5.65. The van der Waals surface area contributed by atoms with Gasteiger partial charge < -0.3 is 4.74 Å². The van der Waals surface area contributed by atoms with E-state index in [-0.39, 0.29) is 35.5 Å². The Morgan fingerprint density at radius 3 is 2.50 bits per heavy atom. The van der Waals surface area contributed by atoms with Gasteiger partial charge >= 0.3 is 5.97 Å². The third-order valence-electron chi connectivity index (χ3n) is 1.31. The Morgan fingerprint density at radius 2 is 2.00 bits per heavy atom. The number of hydrogen-bond donors (Lipinski definition) is 1. The largest absolute Gasteiger partial charge is 0.465 e. The molecule has 0 spiro atoms. The van der Waals surface area contributed by atoms with Crippen molar-refractivity contribution in [3.05, 3.63) is 29.8 Å². The molecule has 12 heavy (non-hydrogen) atoms. The molecule has 1 radical (unpaired) electrons. The molecule has 1 rings (SSSR count). The van der Waals surface area contributed by atoms with E-state index in [0.717, 1.165) is 0 Å². The average molecular weight is 191 g/mol. The molecule has 0 N–H and O–H groups in total. The summed E-state index contributed by atoms with van der Waals surface area (Å²) in [6.45, 7) is 0. The van der Waals surface area contributed by atoms with E-state index in [1.54, 1.807) is 18.2 Å². The predicted molar refractivity (Wildman–Crippen MR) is 50.8 cm³/mol. The number of benzene rings is 1. The zero-order valence-electron chi connectivity index (χ0n) is 7.07. The van der Waals surface area contributed by atoms with Crippen molar-refractivity contribution in [1.29, 1.82) is 0 Å². The SMILES string of the molecule is COC(=O)c1ccccc1S.[Na]. The van der Waals surface area contributed by atoms with Crippen molar-refractivity contribution in [3.63, 3.8) is 0 Å². The van der Waals surface area contributed by atoms with Crippen LogP contribution in [0.4, 0.5) is 0 Å².